The molecule has 1 aliphatic heterocycles. The van der Waals surface area contributed by atoms with Gasteiger partial charge >= 0.3 is 0 Å². The molecule has 4 aromatic rings. The van der Waals surface area contributed by atoms with Crippen LogP contribution in [0.4, 0.5) is 22.7 Å². The summed E-state index contributed by atoms with van der Waals surface area (Å²) in [4.78, 5) is 10.0. The summed E-state index contributed by atoms with van der Waals surface area (Å²) in [5, 5.41) is 0.531. The monoisotopic (exact) mass is 549 g/mol. The number of nitrogens with zero attached hydrogens (tertiary/aromatic N) is 3. The zero-order valence-corrected chi connectivity index (χ0v) is 20.8. The molecule has 0 spiro atoms. The summed E-state index contributed by atoms with van der Waals surface area (Å²) >= 11 is 1.24. The topological polar surface area (TPSA) is 72.4 Å². The van der Waals surface area contributed by atoms with E-state index in [4.69, 9.17) is 4.74 Å². The zero-order valence-electron chi connectivity index (χ0n) is 19.1. The summed E-state index contributed by atoms with van der Waals surface area (Å²) in [5.74, 6) is -5.21. The Morgan fingerprint density at radius 3 is 2.38 bits per heavy atom. The first-order valence-corrected chi connectivity index (χ1v) is 13.6. The molecule has 0 radical (unpaired) electrons. The third kappa shape index (κ3) is 5.09. The van der Waals surface area contributed by atoms with Crippen molar-refractivity contribution in [1.82, 2.24) is 9.97 Å². The molecule has 12 heteroatoms. The Bertz CT molecular complexity index is 1560. The van der Waals surface area contributed by atoms with E-state index in [1.165, 1.54) is 23.7 Å². The predicted molar refractivity (Wildman–Crippen MR) is 131 cm³/mol. The number of hydrogen-bond donors (Lipinski definition) is 0. The number of halogens is 4. The van der Waals surface area contributed by atoms with Gasteiger partial charge in [0.1, 0.15) is 28.2 Å². The normalized spacial score (nSPS) is 14.2. The lowest BCUT2D eigenvalue weighted by Crippen LogP contribution is -2.36. The van der Waals surface area contributed by atoms with Gasteiger partial charge in [-0.1, -0.05) is 17.4 Å². The Kier molecular flexibility index (Phi) is 6.97. The zero-order chi connectivity index (χ0) is 26.2. The summed E-state index contributed by atoms with van der Waals surface area (Å²) < 4.78 is 89.9. The van der Waals surface area contributed by atoms with Gasteiger partial charge in [-0.3, -0.25) is 4.98 Å². The molecule has 1 fully saturated rings. The fraction of sp³-hybridized carbons (Fsp3) is 0.200. The van der Waals surface area contributed by atoms with Gasteiger partial charge in [-0.15, -0.1) is 0 Å². The summed E-state index contributed by atoms with van der Waals surface area (Å²) in [7, 11) is -4.50. The number of sulfone groups is 1. The molecule has 1 saturated heterocycles. The number of rotatable bonds is 6. The van der Waals surface area contributed by atoms with Crippen LogP contribution in [-0.4, -0.2) is 44.7 Å². The van der Waals surface area contributed by atoms with Crippen molar-refractivity contribution in [1.29, 1.82) is 0 Å². The van der Waals surface area contributed by atoms with Crippen molar-refractivity contribution in [3.8, 4) is 21.7 Å². The van der Waals surface area contributed by atoms with Crippen molar-refractivity contribution in [2.45, 2.75) is 10.6 Å². The van der Waals surface area contributed by atoms with Crippen LogP contribution in [0.2, 0.25) is 0 Å². The highest BCUT2D eigenvalue weighted by molar-refractivity contribution is 7.90. The van der Waals surface area contributed by atoms with Gasteiger partial charge in [0.2, 0.25) is 0 Å². The molecule has 6 nitrogen and oxygen atoms in total. The Morgan fingerprint density at radius 2 is 1.65 bits per heavy atom. The smallest absolute Gasteiger partial charge is 0.186 e. The molecule has 3 heterocycles. The first-order valence-electron chi connectivity index (χ1n) is 11.1. The number of morpholine rings is 1. The number of thiazole rings is 1. The Hall–Kier alpha value is -3.35. The molecule has 2 aromatic heterocycles. The lowest BCUT2D eigenvalue weighted by atomic mass is 10.0. The van der Waals surface area contributed by atoms with Gasteiger partial charge in [0, 0.05) is 31.0 Å². The molecule has 37 heavy (non-hydrogen) atoms. The van der Waals surface area contributed by atoms with Crippen LogP contribution in [0.1, 0.15) is 5.56 Å². The summed E-state index contributed by atoms with van der Waals surface area (Å²) in [5.41, 5.74) is -0.277. The molecule has 0 N–H and O–H groups in total. The second-order valence-electron chi connectivity index (χ2n) is 8.24. The van der Waals surface area contributed by atoms with Crippen molar-refractivity contribution in [2.75, 3.05) is 31.2 Å². The maximum Gasteiger partial charge on any atom is 0.186 e. The molecule has 2 aromatic carbocycles. The molecule has 1 aliphatic rings. The second kappa shape index (κ2) is 10.2. The fourth-order valence-corrected chi connectivity index (χ4v) is 6.56. The quantitative estimate of drug-likeness (QED) is 0.307. The molecule has 0 amide bonds. The standard InChI is InChI=1S/C25H19F4N3O3S2/c26-17-2-4-18(27)20(13-17)37(33,34)14-16-1-3-19(28)21(22(16)29)23-24(15-5-7-30-8-6-15)36-25(31-23)32-9-11-35-12-10-32/h1-8,13H,9-12,14H2. The van der Waals surface area contributed by atoms with E-state index in [1.54, 1.807) is 12.1 Å². The maximum atomic E-state index is 15.8. The molecular formula is C25H19F4N3O3S2. The molecule has 0 saturated carbocycles. The highest BCUT2D eigenvalue weighted by Crippen LogP contribution is 2.42. The Balaban J connectivity index is 1.62. The van der Waals surface area contributed by atoms with E-state index in [9.17, 15) is 17.2 Å². The van der Waals surface area contributed by atoms with Crippen LogP contribution in [0, 0.1) is 23.3 Å². The van der Waals surface area contributed by atoms with E-state index in [2.05, 4.69) is 9.97 Å². The van der Waals surface area contributed by atoms with Crippen molar-refractivity contribution in [3.63, 3.8) is 0 Å². The number of aromatic nitrogens is 2. The molecule has 0 aliphatic carbocycles. The Morgan fingerprint density at radius 1 is 0.946 bits per heavy atom. The highest BCUT2D eigenvalue weighted by Gasteiger charge is 2.28. The van der Waals surface area contributed by atoms with Crippen molar-refractivity contribution in [3.05, 3.63) is 83.7 Å². The third-order valence-corrected chi connectivity index (χ3v) is 8.66. The van der Waals surface area contributed by atoms with Crippen LogP contribution in [0.25, 0.3) is 21.7 Å². The molecule has 0 atom stereocenters. The van der Waals surface area contributed by atoms with E-state index in [0.717, 1.165) is 18.2 Å². The van der Waals surface area contributed by atoms with Gasteiger partial charge in [-0.05, 0) is 42.0 Å². The highest BCUT2D eigenvalue weighted by atomic mass is 32.2. The van der Waals surface area contributed by atoms with E-state index >= 15 is 8.78 Å². The molecule has 0 bridgehead atoms. The lowest BCUT2D eigenvalue weighted by Gasteiger charge is -2.26. The van der Waals surface area contributed by atoms with E-state index in [-0.39, 0.29) is 5.69 Å². The average molecular weight is 550 g/mol. The summed E-state index contributed by atoms with van der Waals surface area (Å²) in [6.07, 6.45) is 3.08. The third-order valence-electron chi connectivity index (χ3n) is 5.82. The summed E-state index contributed by atoms with van der Waals surface area (Å²) in [6, 6.07) is 7.26. The van der Waals surface area contributed by atoms with Crippen LogP contribution in [0.15, 0.2) is 59.8 Å². The van der Waals surface area contributed by atoms with Gasteiger partial charge in [0.15, 0.2) is 15.0 Å². The van der Waals surface area contributed by atoms with Gasteiger partial charge in [-0.25, -0.2) is 31.0 Å². The summed E-state index contributed by atoms with van der Waals surface area (Å²) in [6.45, 7) is 2.05. The van der Waals surface area contributed by atoms with E-state index < -0.39 is 54.9 Å². The first kappa shape index (κ1) is 25.3. The first-order chi connectivity index (χ1) is 17.7. The fourth-order valence-electron chi connectivity index (χ4n) is 3.99. The van der Waals surface area contributed by atoms with Crippen LogP contribution in [-0.2, 0) is 20.3 Å². The van der Waals surface area contributed by atoms with E-state index in [0.29, 0.717) is 54.0 Å². The van der Waals surface area contributed by atoms with Gasteiger partial charge in [-0.2, -0.15) is 0 Å². The van der Waals surface area contributed by atoms with E-state index in [1.807, 2.05) is 4.90 Å². The number of hydrogen-bond acceptors (Lipinski definition) is 7. The maximum absolute atomic E-state index is 15.8. The number of anilines is 1. The van der Waals surface area contributed by atoms with Crippen molar-refractivity contribution >= 4 is 26.3 Å². The molecular weight excluding hydrogens is 530 g/mol. The second-order valence-corrected chi connectivity index (χ2v) is 11.2. The minimum Gasteiger partial charge on any atom is -0.378 e. The average Bonchev–Trinajstić information content (AvgIpc) is 3.33. The van der Waals surface area contributed by atoms with Gasteiger partial charge < -0.3 is 9.64 Å². The number of pyridine rings is 1. The van der Waals surface area contributed by atoms with Crippen LogP contribution < -0.4 is 4.90 Å². The molecule has 192 valence electrons. The number of benzene rings is 2. The lowest BCUT2D eigenvalue weighted by molar-refractivity contribution is 0.122. The molecule has 0 unspecified atom stereocenters. The van der Waals surface area contributed by atoms with Crippen LogP contribution in [0.3, 0.4) is 0 Å². The van der Waals surface area contributed by atoms with Crippen LogP contribution >= 0.6 is 11.3 Å². The minimum atomic E-state index is -4.50. The van der Waals surface area contributed by atoms with Crippen molar-refractivity contribution in [2.24, 2.45) is 0 Å². The van der Waals surface area contributed by atoms with Gasteiger partial charge in [0.05, 0.1) is 35.1 Å². The van der Waals surface area contributed by atoms with Gasteiger partial charge in [0.25, 0.3) is 0 Å². The van der Waals surface area contributed by atoms with Crippen LogP contribution in [0.5, 0.6) is 0 Å². The van der Waals surface area contributed by atoms with Crippen molar-refractivity contribution < 1.29 is 30.7 Å². The SMILES string of the molecule is O=S(=O)(Cc1ccc(F)c(-c2nc(N3CCOCC3)sc2-c2ccncc2)c1F)c1cc(F)ccc1F. The molecule has 5 rings (SSSR count). The number of ether oxygens (including phenoxy) is 1. The minimum absolute atomic E-state index is 0.00359. The predicted octanol–water partition coefficient (Wildman–Crippen LogP) is 5.24. The largest absolute Gasteiger partial charge is 0.378 e. The Labute approximate surface area is 214 Å².